The third-order valence-electron chi connectivity index (χ3n) is 2.89. The molecular formula is C12H14N4O2. The average molecular weight is 246 g/mol. The van der Waals surface area contributed by atoms with Gasteiger partial charge in [0.15, 0.2) is 0 Å². The maximum atomic E-state index is 5.58. The lowest BCUT2D eigenvalue weighted by Crippen LogP contribution is -2.33. The van der Waals surface area contributed by atoms with E-state index in [0.717, 1.165) is 17.8 Å². The molecule has 0 spiro atoms. The highest BCUT2D eigenvalue weighted by molar-refractivity contribution is 5.55. The van der Waals surface area contributed by atoms with E-state index in [0.29, 0.717) is 24.9 Å². The molecule has 0 aromatic carbocycles. The van der Waals surface area contributed by atoms with E-state index >= 15 is 0 Å². The number of pyridine rings is 1. The fourth-order valence-electron chi connectivity index (χ4n) is 1.92. The highest BCUT2D eigenvalue weighted by Crippen LogP contribution is 2.22. The molecule has 94 valence electrons. The Bertz CT molecular complexity index is 534. The van der Waals surface area contributed by atoms with Crippen LogP contribution in [0.1, 0.15) is 17.6 Å². The van der Waals surface area contributed by atoms with Crippen LogP contribution in [0.2, 0.25) is 0 Å². The summed E-state index contributed by atoms with van der Waals surface area (Å²) < 4.78 is 10.9. The average Bonchev–Trinajstić information content (AvgIpc) is 2.90. The first-order valence-corrected chi connectivity index (χ1v) is 5.92. The number of rotatable bonds is 2. The Balaban J connectivity index is 1.87. The molecule has 0 saturated carbocycles. The van der Waals surface area contributed by atoms with Crippen LogP contribution in [-0.4, -0.2) is 34.8 Å². The molecule has 1 saturated heterocycles. The minimum absolute atomic E-state index is 0.131. The molecule has 1 fully saturated rings. The van der Waals surface area contributed by atoms with Crippen LogP contribution in [0.5, 0.6) is 0 Å². The maximum Gasteiger partial charge on any atom is 0.259 e. The fraction of sp³-hybridized carbons (Fsp3) is 0.417. The van der Waals surface area contributed by atoms with Gasteiger partial charge in [-0.15, -0.1) is 0 Å². The molecule has 3 rings (SSSR count). The van der Waals surface area contributed by atoms with E-state index < -0.39 is 0 Å². The first-order chi connectivity index (χ1) is 8.84. The zero-order valence-electron chi connectivity index (χ0n) is 10.1. The summed E-state index contributed by atoms with van der Waals surface area (Å²) in [4.78, 5) is 8.59. The summed E-state index contributed by atoms with van der Waals surface area (Å²) in [6.45, 7) is 4.16. The van der Waals surface area contributed by atoms with Crippen molar-refractivity contribution in [3.05, 3.63) is 29.8 Å². The van der Waals surface area contributed by atoms with E-state index in [9.17, 15) is 0 Å². The van der Waals surface area contributed by atoms with Gasteiger partial charge in [0.2, 0.25) is 5.82 Å². The molecule has 0 radical (unpaired) electrons. The number of nitrogens with one attached hydrogen (secondary N) is 1. The Kier molecular flexibility index (Phi) is 3.04. The second-order valence-corrected chi connectivity index (χ2v) is 4.16. The van der Waals surface area contributed by atoms with Crippen molar-refractivity contribution in [2.24, 2.45) is 0 Å². The number of nitrogens with zero attached hydrogens (tertiary/aromatic N) is 3. The molecule has 1 aliphatic rings. The van der Waals surface area contributed by atoms with Gasteiger partial charge in [-0.25, -0.2) is 0 Å². The summed E-state index contributed by atoms with van der Waals surface area (Å²) in [6.07, 6.45) is 1.61. The van der Waals surface area contributed by atoms with E-state index in [-0.39, 0.29) is 6.10 Å². The summed E-state index contributed by atoms with van der Waals surface area (Å²) in [6, 6.07) is 3.77. The maximum absolute atomic E-state index is 5.58. The number of aryl methyl sites for hydroxylation is 1. The summed E-state index contributed by atoms with van der Waals surface area (Å²) in [5, 5.41) is 7.21. The van der Waals surface area contributed by atoms with E-state index in [1.54, 1.807) is 6.20 Å². The quantitative estimate of drug-likeness (QED) is 0.855. The third kappa shape index (κ3) is 2.12. The van der Waals surface area contributed by atoms with Gasteiger partial charge in [0, 0.05) is 25.0 Å². The van der Waals surface area contributed by atoms with Crippen LogP contribution in [0.4, 0.5) is 0 Å². The molecule has 18 heavy (non-hydrogen) atoms. The van der Waals surface area contributed by atoms with Gasteiger partial charge in [0.1, 0.15) is 6.10 Å². The number of ether oxygens (including phenoxy) is 1. The van der Waals surface area contributed by atoms with Crippen molar-refractivity contribution in [2.75, 3.05) is 19.7 Å². The largest absolute Gasteiger partial charge is 0.367 e. The minimum atomic E-state index is -0.131. The van der Waals surface area contributed by atoms with Gasteiger partial charge in [-0.1, -0.05) is 5.16 Å². The monoisotopic (exact) mass is 246 g/mol. The Morgan fingerprint density at radius 2 is 2.39 bits per heavy atom. The predicted octanol–water partition coefficient (Wildman–Crippen LogP) is 1.10. The lowest BCUT2D eigenvalue weighted by molar-refractivity contribution is 0.0208. The van der Waals surface area contributed by atoms with Gasteiger partial charge in [-0.3, -0.25) is 4.98 Å². The van der Waals surface area contributed by atoms with Crippen molar-refractivity contribution in [3.8, 4) is 11.5 Å². The van der Waals surface area contributed by atoms with Gasteiger partial charge in [0.05, 0.1) is 12.2 Å². The topological polar surface area (TPSA) is 73.1 Å². The van der Waals surface area contributed by atoms with E-state index in [4.69, 9.17) is 9.26 Å². The molecule has 1 atom stereocenters. The van der Waals surface area contributed by atoms with Crippen LogP contribution >= 0.6 is 0 Å². The van der Waals surface area contributed by atoms with Crippen molar-refractivity contribution in [3.63, 3.8) is 0 Å². The van der Waals surface area contributed by atoms with Gasteiger partial charge < -0.3 is 14.6 Å². The fourth-order valence-corrected chi connectivity index (χ4v) is 1.92. The Hall–Kier alpha value is -1.79. The molecule has 2 aromatic rings. The molecule has 0 amide bonds. The van der Waals surface area contributed by atoms with Crippen LogP contribution < -0.4 is 5.32 Å². The zero-order chi connectivity index (χ0) is 12.4. The van der Waals surface area contributed by atoms with Crippen molar-refractivity contribution in [1.29, 1.82) is 0 Å². The highest BCUT2D eigenvalue weighted by atomic mass is 16.5. The van der Waals surface area contributed by atoms with Crippen LogP contribution in [0.25, 0.3) is 11.5 Å². The molecule has 0 aliphatic carbocycles. The van der Waals surface area contributed by atoms with Gasteiger partial charge in [0.25, 0.3) is 5.89 Å². The molecule has 2 aromatic heterocycles. The van der Waals surface area contributed by atoms with Gasteiger partial charge in [-0.2, -0.15) is 4.98 Å². The van der Waals surface area contributed by atoms with Crippen molar-refractivity contribution < 1.29 is 9.26 Å². The first-order valence-electron chi connectivity index (χ1n) is 5.92. The SMILES string of the molecule is Cc1ncccc1-c1nc(C2CNCCO2)no1. The number of hydrogen-bond acceptors (Lipinski definition) is 6. The second-order valence-electron chi connectivity index (χ2n) is 4.16. The van der Waals surface area contributed by atoms with Crippen molar-refractivity contribution in [1.82, 2.24) is 20.4 Å². The standard InChI is InChI=1S/C12H14N4O2/c1-8-9(3-2-4-14-8)12-15-11(16-18-12)10-7-13-5-6-17-10/h2-4,10,13H,5-7H2,1H3. The Morgan fingerprint density at radius 1 is 1.44 bits per heavy atom. The predicted molar refractivity (Wildman–Crippen MR) is 63.8 cm³/mol. The van der Waals surface area contributed by atoms with Crippen molar-refractivity contribution in [2.45, 2.75) is 13.0 Å². The van der Waals surface area contributed by atoms with Crippen LogP contribution in [0.15, 0.2) is 22.9 Å². The lowest BCUT2D eigenvalue weighted by atomic mass is 10.2. The number of morpholine rings is 1. The van der Waals surface area contributed by atoms with E-state index in [1.165, 1.54) is 0 Å². The Morgan fingerprint density at radius 3 is 3.17 bits per heavy atom. The van der Waals surface area contributed by atoms with Gasteiger partial charge in [-0.05, 0) is 19.1 Å². The van der Waals surface area contributed by atoms with E-state index in [2.05, 4.69) is 20.4 Å². The molecule has 6 nitrogen and oxygen atoms in total. The molecule has 1 N–H and O–H groups in total. The summed E-state index contributed by atoms with van der Waals surface area (Å²) in [7, 11) is 0. The summed E-state index contributed by atoms with van der Waals surface area (Å²) >= 11 is 0. The minimum Gasteiger partial charge on any atom is -0.367 e. The lowest BCUT2D eigenvalue weighted by Gasteiger charge is -2.20. The van der Waals surface area contributed by atoms with Crippen molar-refractivity contribution >= 4 is 0 Å². The summed E-state index contributed by atoms with van der Waals surface area (Å²) in [5.74, 6) is 1.07. The van der Waals surface area contributed by atoms with Crippen LogP contribution in [0, 0.1) is 6.92 Å². The molecular weight excluding hydrogens is 232 g/mol. The molecule has 6 heteroatoms. The highest BCUT2D eigenvalue weighted by Gasteiger charge is 2.22. The van der Waals surface area contributed by atoms with Gasteiger partial charge >= 0.3 is 0 Å². The third-order valence-corrected chi connectivity index (χ3v) is 2.89. The molecule has 1 aliphatic heterocycles. The molecule has 0 bridgehead atoms. The van der Waals surface area contributed by atoms with E-state index in [1.807, 2.05) is 19.1 Å². The zero-order valence-corrected chi connectivity index (χ0v) is 10.1. The smallest absolute Gasteiger partial charge is 0.259 e. The molecule has 1 unspecified atom stereocenters. The Labute approximate surface area is 104 Å². The number of hydrogen-bond donors (Lipinski definition) is 1. The van der Waals surface area contributed by atoms with Crippen LogP contribution in [-0.2, 0) is 4.74 Å². The summed E-state index contributed by atoms with van der Waals surface area (Å²) in [5.41, 5.74) is 1.73. The molecule has 3 heterocycles. The first kappa shape index (κ1) is 11.3. The normalized spacial score (nSPS) is 19.9. The second kappa shape index (κ2) is 4.83. The van der Waals surface area contributed by atoms with Crippen LogP contribution in [0.3, 0.4) is 0 Å². The number of aromatic nitrogens is 3.